The molecule has 4 nitrogen and oxygen atoms in total. The van der Waals surface area contributed by atoms with Crippen LogP contribution < -0.4 is 5.32 Å². The molecule has 0 spiro atoms. The molecule has 2 atom stereocenters. The lowest BCUT2D eigenvalue weighted by Crippen LogP contribution is -2.21. The second-order valence-corrected chi connectivity index (χ2v) is 7.93. The Balaban J connectivity index is 1.94. The Morgan fingerprint density at radius 3 is 2.95 bits per heavy atom. The van der Waals surface area contributed by atoms with E-state index in [0.29, 0.717) is 0 Å². The van der Waals surface area contributed by atoms with Crippen molar-refractivity contribution in [2.45, 2.75) is 39.0 Å². The van der Waals surface area contributed by atoms with E-state index < -0.39 is 10.8 Å². The summed E-state index contributed by atoms with van der Waals surface area (Å²) in [5.74, 6) is 0. The second kappa shape index (κ2) is 6.15. The molecule has 0 amide bonds. The Labute approximate surface area is 120 Å². The zero-order chi connectivity index (χ0) is 14.0. The van der Waals surface area contributed by atoms with Crippen LogP contribution in [-0.2, 0) is 17.3 Å². The van der Waals surface area contributed by atoms with Gasteiger partial charge in [0.2, 0.25) is 0 Å². The Morgan fingerprint density at radius 2 is 2.26 bits per heavy atom. The number of imidazole rings is 1. The van der Waals surface area contributed by atoms with Crippen LogP contribution >= 0.6 is 11.3 Å². The van der Waals surface area contributed by atoms with Gasteiger partial charge in [-0.2, -0.15) is 0 Å². The van der Waals surface area contributed by atoms with Crippen molar-refractivity contribution in [1.29, 1.82) is 0 Å². The Morgan fingerprint density at radius 1 is 1.53 bits per heavy atom. The van der Waals surface area contributed by atoms with E-state index >= 15 is 0 Å². The van der Waals surface area contributed by atoms with Crippen molar-refractivity contribution in [3.05, 3.63) is 22.5 Å². The van der Waals surface area contributed by atoms with Crippen molar-refractivity contribution in [1.82, 2.24) is 14.7 Å². The summed E-state index contributed by atoms with van der Waals surface area (Å²) in [5, 5.41) is 3.68. The number of rotatable bonds is 6. The van der Waals surface area contributed by atoms with Crippen LogP contribution in [0, 0.1) is 13.8 Å². The van der Waals surface area contributed by atoms with Crippen LogP contribution in [0.1, 0.15) is 29.6 Å². The predicted octanol–water partition coefficient (Wildman–Crippen LogP) is 2.26. The van der Waals surface area contributed by atoms with Gasteiger partial charge in [-0.25, -0.2) is 4.98 Å². The van der Waals surface area contributed by atoms with Crippen molar-refractivity contribution in [3.63, 3.8) is 0 Å². The van der Waals surface area contributed by atoms with Crippen LogP contribution in [0.5, 0.6) is 0 Å². The van der Waals surface area contributed by atoms with Crippen LogP contribution in [0.3, 0.4) is 0 Å². The van der Waals surface area contributed by atoms with Gasteiger partial charge < -0.3 is 5.32 Å². The number of hydrogen-bond donors (Lipinski definition) is 1. The first-order valence-electron chi connectivity index (χ1n) is 6.46. The summed E-state index contributed by atoms with van der Waals surface area (Å²) in [7, 11) is -0.730. The summed E-state index contributed by atoms with van der Waals surface area (Å²) in [6.45, 7) is 7.88. The molecule has 0 radical (unpaired) electrons. The van der Waals surface area contributed by atoms with Crippen molar-refractivity contribution < 1.29 is 4.21 Å². The Bertz CT molecular complexity index is 588. The molecule has 2 aromatic rings. The minimum atomic E-state index is -0.730. The largest absolute Gasteiger partial charge is 0.311 e. The molecule has 0 aliphatic rings. The lowest BCUT2D eigenvalue weighted by molar-refractivity contribution is 0.620. The molecule has 106 valence electrons. The molecule has 0 aliphatic heterocycles. The molecular weight excluding hydrogens is 278 g/mol. The van der Waals surface area contributed by atoms with E-state index in [1.807, 2.05) is 6.92 Å². The maximum Gasteiger partial charge on any atom is 0.194 e. The Hall–Kier alpha value is -0.720. The van der Waals surface area contributed by atoms with Crippen LogP contribution in [0.15, 0.2) is 6.20 Å². The van der Waals surface area contributed by atoms with Crippen molar-refractivity contribution in [2.24, 2.45) is 0 Å². The number of aryl methyl sites for hydroxylation is 2. The van der Waals surface area contributed by atoms with Gasteiger partial charge in [0.05, 0.1) is 11.4 Å². The zero-order valence-corrected chi connectivity index (χ0v) is 13.5. The topological polar surface area (TPSA) is 46.4 Å². The molecule has 2 aromatic heterocycles. The monoisotopic (exact) mass is 299 g/mol. The molecule has 2 rings (SSSR count). The van der Waals surface area contributed by atoms with Gasteiger partial charge >= 0.3 is 0 Å². The SMILES string of the molecule is Cc1cn2c(CNCCC(C)S(C)=O)c(C)nc2s1. The highest BCUT2D eigenvalue weighted by Crippen LogP contribution is 2.20. The van der Waals surface area contributed by atoms with E-state index in [-0.39, 0.29) is 5.25 Å². The number of hydrogen-bond acceptors (Lipinski definition) is 4. The molecule has 0 aromatic carbocycles. The second-order valence-electron chi connectivity index (χ2n) is 4.91. The van der Waals surface area contributed by atoms with Gasteiger partial charge in [0.1, 0.15) is 0 Å². The third-order valence-electron chi connectivity index (χ3n) is 3.33. The normalized spacial score (nSPS) is 14.9. The quantitative estimate of drug-likeness (QED) is 0.832. The maximum atomic E-state index is 11.3. The minimum absolute atomic E-state index is 0.252. The van der Waals surface area contributed by atoms with Gasteiger partial charge in [-0.1, -0.05) is 6.92 Å². The fourth-order valence-corrected chi connectivity index (χ4v) is 3.34. The van der Waals surface area contributed by atoms with Gasteiger partial charge in [0.25, 0.3) is 0 Å². The molecule has 0 aliphatic carbocycles. The summed E-state index contributed by atoms with van der Waals surface area (Å²) in [4.78, 5) is 6.91. The first kappa shape index (κ1) is 14.7. The molecule has 0 saturated heterocycles. The van der Waals surface area contributed by atoms with E-state index in [0.717, 1.165) is 30.2 Å². The fraction of sp³-hybridized carbons (Fsp3) is 0.615. The highest BCUT2D eigenvalue weighted by molar-refractivity contribution is 7.84. The minimum Gasteiger partial charge on any atom is -0.311 e. The molecule has 19 heavy (non-hydrogen) atoms. The lowest BCUT2D eigenvalue weighted by Gasteiger charge is -2.09. The van der Waals surface area contributed by atoms with Crippen molar-refractivity contribution >= 4 is 27.1 Å². The van der Waals surface area contributed by atoms with E-state index in [4.69, 9.17) is 0 Å². The van der Waals surface area contributed by atoms with E-state index in [2.05, 4.69) is 34.7 Å². The van der Waals surface area contributed by atoms with Crippen LogP contribution in [-0.4, -0.2) is 31.6 Å². The molecule has 2 heterocycles. The first-order chi connectivity index (χ1) is 8.99. The van der Waals surface area contributed by atoms with E-state index in [1.54, 1.807) is 17.6 Å². The van der Waals surface area contributed by atoms with Crippen LogP contribution in [0.4, 0.5) is 0 Å². The molecule has 0 fully saturated rings. The van der Waals surface area contributed by atoms with Gasteiger partial charge in [-0.05, 0) is 26.8 Å². The lowest BCUT2D eigenvalue weighted by atomic mass is 10.3. The van der Waals surface area contributed by atoms with Gasteiger partial charge in [-0.15, -0.1) is 11.3 Å². The van der Waals surface area contributed by atoms with Gasteiger partial charge in [0, 0.05) is 39.9 Å². The van der Waals surface area contributed by atoms with Crippen molar-refractivity contribution in [3.8, 4) is 0 Å². The molecule has 6 heteroatoms. The van der Waals surface area contributed by atoms with E-state index in [9.17, 15) is 4.21 Å². The highest BCUT2D eigenvalue weighted by Gasteiger charge is 2.11. The predicted molar refractivity (Wildman–Crippen MR) is 82.4 cm³/mol. The summed E-state index contributed by atoms with van der Waals surface area (Å²) in [5.41, 5.74) is 2.32. The average Bonchev–Trinajstić information content (AvgIpc) is 2.80. The number of thiazole rings is 1. The Kier molecular flexibility index (Phi) is 4.76. The molecule has 2 unspecified atom stereocenters. The number of fused-ring (bicyclic) bond motifs is 1. The summed E-state index contributed by atoms with van der Waals surface area (Å²) >= 11 is 1.72. The van der Waals surface area contributed by atoms with Crippen LogP contribution in [0.2, 0.25) is 0 Å². The highest BCUT2D eigenvalue weighted by atomic mass is 32.2. The number of aromatic nitrogens is 2. The molecule has 0 bridgehead atoms. The standard InChI is InChI=1S/C13H21N3OS2/c1-9-8-16-12(11(3)15-13(16)18-9)7-14-6-5-10(2)19(4)17/h8,10,14H,5-7H2,1-4H3. The van der Waals surface area contributed by atoms with Crippen LogP contribution in [0.25, 0.3) is 4.96 Å². The smallest absolute Gasteiger partial charge is 0.194 e. The third-order valence-corrected chi connectivity index (χ3v) is 5.59. The van der Waals surface area contributed by atoms with Crippen molar-refractivity contribution in [2.75, 3.05) is 12.8 Å². The fourth-order valence-electron chi connectivity index (χ4n) is 2.00. The zero-order valence-electron chi connectivity index (χ0n) is 11.9. The summed E-state index contributed by atoms with van der Waals surface area (Å²) in [6.07, 6.45) is 4.84. The third kappa shape index (κ3) is 3.43. The molecule has 1 N–H and O–H groups in total. The average molecular weight is 299 g/mol. The van der Waals surface area contributed by atoms with Gasteiger partial charge in [0.15, 0.2) is 4.96 Å². The number of nitrogens with one attached hydrogen (secondary N) is 1. The summed E-state index contributed by atoms with van der Waals surface area (Å²) in [6, 6.07) is 0. The summed E-state index contributed by atoms with van der Waals surface area (Å²) < 4.78 is 13.4. The molecule has 0 saturated carbocycles. The van der Waals surface area contributed by atoms with Gasteiger partial charge in [-0.3, -0.25) is 8.61 Å². The molecular formula is C13H21N3OS2. The van der Waals surface area contributed by atoms with E-state index in [1.165, 1.54) is 10.6 Å². The maximum absolute atomic E-state index is 11.3. The number of nitrogens with zero attached hydrogens (tertiary/aromatic N) is 2. The first-order valence-corrected chi connectivity index (χ1v) is 8.89.